The van der Waals surface area contributed by atoms with Gasteiger partial charge in [0.15, 0.2) is 11.5 Å². The summed E-state index contributed by atoms with van der Waals surface area (Å²) >= 11 is 0. The Kier molecular flexibility index (Phi) is 13.6. The van der Waals surface area contributed by atoms with E-state index in [-0.39, 0.29) is 36.3 Å². The van der Waals surface area contributed by atoms with E-state index in [0.29, 0.717) is 42.4 Å². The van der Waals surface area contributed by atoms with Gasteiger partial charge in [0.1, 0.15) is 0 Å². The maximum absolute atomic E-state index is 13.7. The number of hydrogen-bond donors (Lipinski definition) is 1. The van der Waals surface area contributed by atoms with Crippen LogP contribution in [0, 0.1) is 0 Å². The van der Waals surface area contributed by atoms with E-state index >= 15 is 0 Å². The van der Waals surface area contributed by atoms with E-state index in [2.05, 4.69) is 19.2 Å². The minimum Gasteiger partial charge on any atom is -0.493 e. The maximum atomic E-state index is 13.7. The Labute approximate surface area is 240 Å². The number of hydrogen-bond acceptors (Lipinski definition) is 6. The molecule has 8 nitrogen and oxygen atoms in total. The van der Waals surface area contributed by atoms with Crippen molar-refractivity contribution in [1.29, 1.82) is 0 Å². The molecule has 2 aliphatic rings. The number of ether oxygens (including phenoxy) is 3. The van der Waals surface area contributed by atoms with E-state index in [1.165, 1.54) is 0 Å². The standard InChI is InChI=1S/C30H47N3O5.ClH/c1-21(2)18-29(34)32(25-11-12-25)15-14-24-9-10-26(20-31-24)33(22(3)4)30(35)23-8-13-27(37-6)28(19-23)38-17-7-16-36-5;/h8,13,18-19,22,24-26,31H,7,9-12,14-17,20H2,1-6H3;1H. The summed E-state index contributed by atoms with van der Waals surface area (Å²) in [6.45, 7) is 10.7. The molecule has 0 spiro atoms. The summed E-state index contributed by atoms with van der Waals surface area (Å²) in [6, 6.07) is 6.33. The second kappa shape index (κ2) is 16.1. The van der Waals surface area contributed by atoms with Gasteiger partial charge >= 0.3 is 0 Å². The van der Waals surface area contributed by atoms with Crippen LogP contribution in [0.3, 0.4) is 0 Å². The van der Waals surface area contributed by atoms with Crippen molar-refractivity contribution in [3.8, 4) is 11.5 Å². The molecule has 220 valence electrons. The summed E-state index contributed by atoms with van der Waals surface area (Å²) in [5, 5.41) is 3.67. The highest BCUT2D eigenvalue weighted by Crippen LogP contribution is 2.31. The van der Waals surface area contributed by atoms with E-state index in [1.807, 2.05) is 29.7 Å². The van der Waals surface area contributed by atoms with Crippen molar-refractivity contribution >= 4 is 24.2 Å². The van der Waals surface area contributed by atoms with Crippen LogP contribution in [-0.2, 0) is 9.53 Å². The fourth-order valence-electron chi connectivity index (χ4n) is 5.15. The predicted octanol–water partition coefficient (Wildman–Crippen LogP) is 4.85. The first-order chi connectivity index (χ1) is 18.2. The largest absolute Gasteiger partial charge is 0.493 e. The SMILES string of the molecule is COCCCOc1cc(C(=O)N(C(C)C)C2CCC(CCN(C(=O)C=C(C)C)C3CC3)NC2)ccc1OC.Cl. The Hall–Kier alpha value is -2.29. The molecule has 9 heteroatoms. The van der Waals surface area contributed by atoms with Gasteiger partial charge in [-0.1, -0.05) is 5.57 Å². The van der Waals surface area contributed by atoms with E-state index in [1.54, 1.807) is 32.4 Å². The van der Waals surface area contributed by atoms with Crippen LogP contribution >= 0.6 is 12.4 Å². The monoisotopic (exact) mass is 565 g/mol. The fourth-order valence-corrected chi connectivity index (χ4v) is 5.15. The van der Waals surface area contributed by atoms with Crippen molar-refractivity contribution in [3.63, 3.8) is 0 Å². The van der Waals surface area contributed by atoms with Gasteiger partial charge in [-0.25, -0.2) is 0 Å². The van der Waals surface area contributed by atoms with Crippen LogP contribution in [0.2, 0.25) is 0 Å². The van der Waals surface area contributed by atoms with Crippen LogP contribution in [0.15, 0.2) is 29.8 Å². The Bertz CT molecular complexity index is 954. The molecule has 2 unspecified atom stereocenters. The van der Waals surface area contributed by atoms with Gasteiger partial charge < -0.3 is 29.3 Å². The zero-order chi connectivity index (χ0) is 27.7. The van der Waals surface area contributed by atoms with Crippen LogP contribution in [-0.4, -0.2) is 86.3 Å². The zero-order valence-corrected chi connectivity index (χ0v) is 25.4. The van der Waals surface area contributed by atoms with Crippen molar-refractivity contribution in [1.82, 2.24) is 15.1 Å². The molecule has 0 radical (unpaired) electrons. The smallest absolute Gasteiger partial charge is 0.254 e. The molecular formula is C30H48ClN3O5. The molecule has 2 atom stereocenters. The maximum Gasteiger partial charge on any atom is 0.254 e. The van der Waals surface area contributed by atoms with Crippen molar-refractivity contribution in [2.24, 2.45) is 0 Å². The number of nitrogens with one attached hydrogen (secondary N) is 1. The van der Waals surface area contributed by atoms with E-state index in [0.717, 1.165) is 57.2 Å². The highest BCUT2D eigenvalue weighted by Gasteiger charge is 2.34. The molecule has 1 saturated carbocycles. The van der Waals surface area contributed by atoms with E-state index in [4.69, 9.17) is 14.2 Å². The summed E-state index contributed by atoms with van der Waals surface area (Å²) < 4.78 is 16.4. The van der Waals surface area contributed by atoms with Gasteiger partial charge in [-0.05, 0) is 78.0 Å². The van der Waals surface area contributed by atoms with Crippen LogP contribution in [0.1, 0.15) is 76.6 Å². The van der Waals surface area contributed by atoms with Crippen molar-refractivity contribution < 1.29 is 23.8 Å². The lowest BCUT2D eigenvalue weighted by molar-refractivity contribution is -0.126. The van der Waals surface area contributed by atoms with Gasteiger partial charge in [0.25, 0.3) is 5.91 Å². The predicted molar refractivity (Wildman–Crippen MR) is 157 cm³/mol. The number of piperidine rings is 1. The second-order valence-electron chi connectivity index (χ2n) is 11.0. The number of carbonyl (C=O) groups excluding carboxylic acids is 2. The first-order valence-electron chi connectivity index (χ1n) is 14.1. The molecule has 0 bridgehead atoms. The van der Waals surface area contributed by atoms with Crippen LogP contribution < -0.4 is 14.8 Å². The topological polar surface area (TPSA) is 80.3 Å². The second-order valence-corrected chi connectivity index (χ2v) is 11.0. The average Bonchev–Trinajstić information content (AvgIpc) is 3.72. The van der Waals surface area contributed by atoms with Gasteiger partial charge in [-0.3, -0.25) is 9.59 Å². The van der Waals surface area contributed by atoms with Gasteiger partial charge in [0, 0.05) is 69.0 Å². The Morgan fingerprint density at radius 1 is 1.05 bits per heavy atom. The third-order valence-corrected chi connectivity index (χ3v) is 7.24. The Balaban J connectivity index is 0.00000533. The minimum absolute atomic E-state index is 0. The van der Waals surface area contributed by atoms with Crippen LogP contribution in [0.25, 0.3) is 0 Å². The number of allylic oxidation sites excluding steroid dienone is 1. The molecule has 39 heavy (non-hydrogen) atoms. The first kappa shape index (κ1) is 32.9. The summed E-state index contributed by atoms with van der Waals surface area (Å²) in [5.74, 6) is 1.32. The molecule has 1 aliphatic heterocycles. The Morgan fingerprint density at radius 3 is 2.33 bits per heavy atom. The van der Waals surface area contributed by atoms with Crippen molar-refractivity contribution in [2.75, 3.05) is 40.5 Å². The molecule has 0 aromatic heterocycles. The highest BCUT2D eigenvalue weighted by molar-refractivity contribution is 5.95. The number of halogens is 1. The highest BCUT2D eigenvalue weighted by atomic mass is 35.5. The van der Waals surface area contributed by atoms with Gasteiger partial charge in [0.2, 0.25) is 5.91 Å². The number of rotatable bonds is 14. The fraction of sp³-hybridized carbons (Fsp3) is 0.667. The lowest BCUT2D eigenvalue weighted by Gasteiger charge is -2.40. The number of amides is 2. The van der Waals surface area contributed by atoms with E-state index in [9.17, 15) is 9.59 Å². The molecule has 1 heterocycles. The molecule has 1 aromatic carbocycles. The number of carbonyl (C=O) groups is 2. The van der Waals surface area contributed by atoms with Crippen LogP contribution in [0.5, 0.6) is 11.5 Å². The molecule has 1 aliphatic carbocycles. The Morgan fingerprint density at radius 2 is 1.77 bits per heavy atom. The quantitative estimate of drug-likeness (QED) is 0.256. The summed E-state index contributed by atoms with van der Waals surface area (Å²) in [7, 11) is 3.27. The van der Waals surface area contributed by atoms with Crippen LogP contribution in [0.4, 0.5) is 0 Å². The number of benzene rings is 1. The summed E-state index contributed by atoms with van der Waals surface area (Å²) in [4.78, 5) is 30.4. The molecule has 3 rings (SSSR count). The lowest BCUT2D eigenvalue weighted by Crippen LogP contribution is -2.54. The van der Waals surface area contributed by atoms with Gasteiger partial charge in [-0.15, -0.1) is 12.4 Å². The average molecular weight is 566 g/mol. The molecular weight excluding hydrogens is 518 g/mol. The van der Waals surface area contributed by atoms with E-state index < -0.39 is 0 Å². The normalized spacial score (nSPS) is 18.6. The van der Waals surface area contributed by atoms with Gasteiger partial charge in [0.05, 0.1) is 13.7 Å². The van der Waals surface area contributed by atoms with Crippen molar-refractivity contribution in [3.05, 3.63) is 35.4 Å². The van der Waals surface area contributed by atoms with Gasteiger partial charge in [-0.2, -0.15) is 0 Å². The summed E-state index contributed by atoms with van der Waals surface area (Å²) in [5.41, 5.74) is 1.64. The molecule has 2 amide bonds. The molecule has 2 fully saturated rings. The third-order valence-electron chi connectivity index (χ3n) is 7.24. The summed E-state index contributed by atoms with van der Waals surface area (Å²) in [6.07, 6.45) is 7.58. The lowest BCUT2D eigenvalue weighted by atomic mass is 9.95. The molecule has 1 N–H and O–H groups in total. The first-order valence-corrected chi connectivity index (χ1v) is 14.1. The third kappa shape index (κ3) is 9.69. The molecule has 1 aromatic rings. The number of methoxy groups -OCH3 is 2. The number of nitrogens with zero attached hydrogens (tertiary/aromatic N) is 2. The molecule has 1 saturated heterocycles. The zero-order valence-electron chi connectivity index (χ0n) is 24.5. The van der Waals surface area contributed by atoms with Crippen molar-refractivity contribution in [2.45, 2.75) is 90.4 Å². The minimum atomic E-state index is 0.